The monoisotopic (exact) mass is 399 g/mol. The Balaban J connectivity index is 1.99. The van der Waals surface area contributed by atoms with Crippen molar-refractivity contribution < 1.29 is 19.6 Å². The highest BCUT2D eigenvalue weighted by molar-refractivity contribution is 7.12. The second-order valence-corrected chi connectivity index (χ2v) is 8.04. The van der Waals surface area contributed by atoms with E-state index < -0.39 is 17.7 Å². The third-order valence-corrected chi connectivity index (χ3v) is 6.26. The number of carbonyl (C=O) groups excluding carboxylic acids is 2. The van der Waals surface area contributed by atoms with E-state index in [0.717, 1.165) is 30.8 Å². The van der Waals surface area contributed by atoms with Crippen molar-refractivity contribution in [2.24, 2.45) is 0 Å². The first-order chi connectivity index (χ1) is 13.5. The summed E-state index contributed by atoms with van der Waals surface area (Å²) < 4.78 is 0. The molecule has 2 heterocycles. The summed E-state index contributed by atoms with van der Waals surface area (Å²) >= 11 is 1.32. The molecule has 2 N–H and O–H groups in total. The molecule has 1 aliphatic heterocycles. The van der Waals surface area contributed by atoms with E-state index in [-0.39, 0.29) is 11.4 Å². The number of aliphatic hydroxyl groups excluding tert-OH is 1. The molecule has 0 aliphatic carbocycles. The molecular weight excluding hydrogens is 372 g/mol. The van der Waals surface area contributed by atoms with E-state index in [4.69, 9.17) is 0 Å². The number of aryl methyl sites for hydroxylation is 1. The number of aliphatic hydroxyl groups is 1. The quantitative estimate of drug-likeness (QED) is 0.671. The lowest BCUT2D eigenvalue weighted by atomic mass is 9.95. The van der Waals surface area contributed by atoms with Crippen LogP contribution >= 0.6 is 11.3 Å². The number of carbonyl (C=O) groups is 2. The van der Waals surface area contributed by atoms with Crippen molar-refractivity contribution >= 4 is 23.0 Å². The Hall–Kier alpha value is -2.44. The van der Waals surface area contributed by atoms with Crippen molar-refractivity contribution in [2.75, 3.05) is 26.2 Å². The molecule has 1 aromatic heterocycles. The molecule has 1 aliphatic rings. The third-order valence-electron chi connectivity index (χ3n) is 5.39. The standard InChI is InChI=1S/C22H26N2O3S/c1-4-23(5-2)12-13-24-19(16-10-8-15(3)9-11-16)18(21(26)22(24)27)20(25)17-7-6-14-28-17/h6-11,14,19,26H,4-5,12-13H2,1-3H3/p+1/t19-/m1/s1. The lowest BCUT2D eigenvalue weighted by Gasteiger charge is -2.28. The lowest BCUT2D eigenvalue weighted by Crippen LogP contribution is -3.12. The van der Waals surface area contributed by atoms with Gasteiger partial charge in [0, 0.05) is 0 Å². The Morgan fingerprint density at radius 3 is 2.43 bits per heavy atom. The third kappa shape index (κ3) is 3.88. The number of nitrogens with zero attached hydrogens (tertiary/aromatic N) is 1. The van der Waals surface area contributed by atoms with Gasteiger partial charge in [-0.2, -0.15) is 0 Å². The topological polar surface area (TPSA) is 62.1 Å². The number of hydrogen-bond donors (Lipinski definition) is 2. The van der Waals surface area contributed by atoms with Crippen molar-refractivity contribution in [3.8, 4) is 0 Å². The van der Waals surface area contributed by atoms with Crippen LogP contribution in [0, 0.1) is 6.92 Å². The Kier molecular flexibility index (Phi) is 6.31. The number of likely N-dealkylation sites (N-methyl/N-ethyl adjacent to an activating group) is 1. The average molecular weight is 400 g/mol. The maximum atomic E-state index is 13.1. The van der Waals surface area contributed by atoms with Crippen molar-refractivity contribution in [3.63, 3.8) is 0 Å². The van der Waals surface area contributed by atoms with Gasteiger partial charge in [0.05, 0.1) is 42.7 Å². The van der Waals surface area contributed by atoms with Crippen LogP contribution in [0.25, 0.3) is 0 Å². The van der Waals surface area contributed by atoms with Gasteiger partial charge in [-0.25, -0.2) is 0 Å². The largest absolute Gasteiger partial charge is 0.503 e. The van der Waals surface area contributed by atoms with E-state index >= 15 is 0 Å². The maximum absolute atomic E-state index is 13.1. The second kappa shape index (κ2) is 8.71. The van der Waals surface area contributed by atoms with Crippen LogP contribution < -0.4 is 4.90 Å². The number of amides is 1. The van der Waals surface area contributed by atoms with Gasteiger partial charge in [-0.05, 0) is 37.8 Å². The lowest BCUT2D eigenvalue weighted by molar-refractivity contribution is -0.895. The summed E-state index contributed by atoms with van der Waals surface area (Å²) in [5.41, 5.74) is 2.13. The van der Waals surface area contributed by atoms with Crippen LogP contribution in [0.4, 0.5) is 0 Å². The number of quaternary nitrogens is 1. The van der Waals surface area contributed by atoms with Crippen LogP contribution in [0.2, 0.25) is 0 Å². The summed E-state index contributed by atoms with van der Waals surface area (Å²) in [5.74, 6) is -1.15. The van der Waals surface area contributed by atoms with Crippen LogP contribution in [-0.2, 0) is 4.79 Å². The van der Waals surface area contributed by atoms with Gasteiger partial charge in [0.25, 0.3) is 5.91 Å². The molecule has 5 nitrogen and oxygen atoms in total. The first kappa shape index (κ1) is 20.3. The van der Waals surface area contributed by atoms with E-state index in [0.29, 0.717) is 11.4 Å². The normalized spacial score (nSPS) is 17.1. The van der Waals surface area contributed by atoms with E-state index in [1.807, 2.05) is 36.6 Å². The van der Waals surface area contributed by atoms with Crippen LogP contribution in [0.3, 0.4) is 0 Å². The van der Waals surface area contributed by atoms with Crippen molar-refractivity contribution in [1.29, 1.82) is 0 Å². The molecule has 1 amide bonds. The number of benzene rings is 1. The first-order valence-corrected chi connectivity index (χ1v) is 10.6. The van der Waals surface area contributed by atoms with E-state index in [2.05, 4.69) is 13.8 Å². The second-order valence-electron chi connectivity index (χ2n) is 7.09. The molecule has 0 saturated carbocycles. The Morgan fingerprint density at radius 1 is 1.18 bits per heavy atom. The number of Topliss-reactive ketones (excluding diaryl/α,β-unsaturated/α-hetero) is 1. The summed E-state index contributed by atoms with van der Waals surface area (Å²) in [5, 5.41) is 12.5. The molecule has 0 fully saturated rings. The number of nitrogens with one attached hydrogen (secondary N) is 1. The summed E-state index contributed by atoms with van der Waals surface area (Å²) in [4.78, 5) is 29.6. The van der Waals surface area contributed by atoms with Gasteiger partial charge < -0.3 is 14.9 Å². The summed E-state index contributed by atoms with van der Waals surface area (Å²) in [6.45, 7) is 9.42. The zero-order chi connectivity index (χ0) is 20.3. The van der Waals surface area contributed by atoms with Crippen molar-refractivity contribution in [2.45, 2.75) is 26.8 Å². The van der Waals surface area contributed by atoms with Gasteiger partial charge in [0.2, 0.25) is 5.78 Å². The highest BCUT2D eigenvalue weighted by Crippen LogP contribution is 2.39. The Bertz CT molecular complexity index is 868. The Morgan fingerprint density at radius 2 is 1.86 bits per heavy atom. The summed E-state index contributed by atoms with van der Waals surface area (Å²) in [6, 6.07) is 10.8. The number of thiophene rings is 1. The van der Waals surface area contributed by atoms with E-state index in [1.165, 1.54) is 16.2 Å². The van der Waals surface area contributed by atoms with Crippen molar-refractivity contribution in [3.05, 3.63) is 69.1 Å². The molecule has 0 radical (unpaired) electrons. The fraction of sp³-hybridized carbons (Fsp3) is 0.364. The smallest absolute Gasteiger partial charge is 0.290 e. The number of hydrogen-bond acceptors (Lipinski definition) is 4. The van der Waals surface area contributed by atoms with Gasteiger partial charge >= 0.3 is 0 Å². The predicted octanol–water partition coefficient (Wildman–Crippen LogP) is 2.56. The molecule has 28 heavy (non-hydrogen) atoms. The molecule has 1 atom stereocenters. The first-order valence-electron chi connectivity index (χ1n) is 9.70. The molecule has 3 rings (SSSR count). The minimum Gasteiger partial charge on any atom is -0.503 e. The fourth-order valence-corrected chi connectivity index (χ4v) is 4.31. The number of rotatable bonds is 8. The molecule has 0 unspecified atom stereocenters. The predicted molar refractivity (Wildman–Crippen MR) is 111 cm³/mol. The van der Waals surface area contributed by atoms with Crippen LogP contribution in [0.1, 0.15) is 40.7 Å². The van der Waals surface area contributed by atoms with Crippen LogP contribution in [0.5, 0.6) is 0 Å². The van der Waals surface area contributed by atoms with Gasteiger partial charge in [0.1, 0.15) is 0 Å². The van der Waals surface area contributed by atoms with Gasteiger partial charge in [-0.3, -0.25) is 9.59 Å². The zero-order valence-electron chi connectivity index (χ0n) is 16.6. The molecule has 0 saturated heterocycles. The number of ketones is 1. The highest BCUT2D eigenvalue weighted by atomic mass is 32.1. The Labute approximate surface area is 169 Å². The molecule has 148 valence electrons. The summed E-state index contributed by atoms with van der Waals surface area (Å²) in [6.07, 6.45) is 0. The van der Waals surface area contributed by atoms with Gasteiger partial charge in [-0.1, -0.05) is 35.9 Å². The zero-order valence-corrected chi connectivity index (χ0v) is 17.4. The molecule has 6 heteroatoms. The minimum absolute atomic E-state index is 0.186. The van der Waals surface area contributed by atoms with Gasteiger partial charge in [-0.15, -0.1) is 11.3 Å². The maximum Gasteiger partial charge on any atom is 0.290 e. The molecule has 2 aromatic rings. The van der Waals surface area contributed by atoms with E-state index in [1.54, 1.807) is 17.0 Å². The molecule has 1 aromatic carbocycles. The highest BCUT2D eigenvalue weighted by Gasteiger charge is 2.44. The van der Waals surface area contributed by atoms with Crippen molar-refractivity contribution in [1.82, 2.24) is 4.90 Å². The average Bonchev–Trinajstić information content (AvgIpc) is 3.32. The van der Waals surface area contributed by atoms with E-state index in [9.17, 15) is 14.7 Å². The molecular formula is C22H27N2O3S+. The SMILES string of the molecule is CC[NH+](CC)CCN1C(=O)C(O)=C(C(=O)c2cccs2)[C@H]1c1ccc(C)cc1. The molecule has 0 spiro atoms. The van der Waals surface area contributed by atoms with Gasteiger partial charge in [0.15, 0.2) is 5.76 Å². The summed E-state index contributed by atoms with van der Waals surface area (Å²) in [7, 11) is 0. The minimum atomic E-state index is -0.558. The van der Waals surface area contributed by atoms with Crippen LogP contribution in [0.15, 0.2) is 53.1 Å². The molecule has 0 bridgehead atoms. The van der Waals surface area contributed by atoms with Crippen LogP contribution in [-0.4, -0.2) is 47.9 Å². The fourth-order valence-electron chi connectivity index (χ4n) is 3.63.